The predicted molar refractivity (Wildman–Crippen MR) is 62.8 cm³/mol. The summed E-state index contributed by atoms with van der Waals surface area (Å²) in [5, 5.41) is 8.05. The van der Waals surface area contributed by atoms with Gasteiger partial charge in [0, 0.05) is 5.92 Å². The normalized spacial score (nSPS) is 22.0. The molecule has 0 spiro atoms. The van der Waals surface area contributed by atoms with E-state index >= 15 is 0 Å². The van der Waals surface area contributed by atoms with E-state index in [4.69, 9.17) is 15.9 Å². The zero-order valence-corrected chi connectivity index (χ0v) is 9.81. The van der Waals surface area contributed by atoms with Gasteiger partial charge in [-0.1, -0.05) is 20.3 Å². The van der Waals surface area contributed by atoms with Gasteiger partial charge in [0.15, 0.2) is 5.76 Å². The molecule has 1 unspecified atom stereocenters. The Bertz CT molecular complexity index is 258. The van der Waals surface area contributed by atoms with Gasteiger partial charge in [0.25, 0.3) is 0 Å². The Morgan fingerprint density at radius 1 is 1.40 bits per heavy atom. The van der Waals surface area contributed by atoms with Crippen LogP contribution in [-0.4, -0.2) is 12.3 Å². The summed E-state index contributed by atoms with van der Waals surface area (Å²) in [6.07, 6.45) is 5.05. The lowest BCUT2D eigenvalue weighted by Gasteiger charge is -2.26. The molecule has 0 bridgehead atoms. The Kier molecular flexibility index (Phi) is 4.66. The van der Waals surface area contributed by atoms with Gasteiger partial charge in [-0.3, -0.25) is 0 Å². The van der Waals surface area contributed by atoms with Crippen LogP contribution in [-0.2, 0) is 4.74 Å². The zero-order chi connectivity index (χ0) is 11.3. The quantitative estimate of drug-likeness (QED) is 0.733. The Hall–Kier alpha value is -0.990. The van der Waals surface area contributed by atoms with Crippen molar-refractivity contribution in [3.8, 4) is 0 Å². The van der Waals surface area contributed by atoms with Gasteiger partial charge in [-0.15, -0.1) is 0 Å². The highest BCUT2D eigenvalue weighted by Crippen LogP contribution is 2.28. The Labute approximate surface area is 92.2 Å². The molecule has 3 nitrogen and oxygen atoms in total. The highest BCUT2D eigenvalue weighted by molar-refractivity contribution is 5.99. The first-order chi connectivity index (χ1) is 7.20. The maximum atomic E-state index is 8.05. The predicted octanol–water partition coefficient (Wildman–Crippen LogP) is 2.81. The Morgan fingerprint density at radius 2 is 2.13 bits per heavy atom. The van der Waals surface area contributed by atoms with Crippen molar-refractivity contribution in [2.24, 2.45) is 11.7 Å². The standard InChI is InChI=1S/C12H22N2O/c1-3-5-9-6-7-10(13)12(11(9)14)15-8-4-2/h9,14H,3-8,13H2,1-2H3. The van der Waals surface area contributed by atoms with Crippen LogP contribution in [0.2, 0.25) is 0 Å². The van der Waals surface area contributed by atoms with E-state index in [0.717, 1.165) is 37.8 Å². The zero-order valence-electron chi connectivity index (χ0n) is 9.81. The van der Waals surface area contributed by atoms with E-state index in [-0.39, 0.29) is 0 Å². The first-order valence-corrected chi connectivity index (χ1v) is 5.90. The van der Waals surface area contributed by atoms with Crippen molar-refractivity contribution in [3.05, 3.63) is 11.5 Å². The molecule has 0 heterocycles. The van der Waals surface area contributed by atoms with Crippen LogP contribution in [0.1, 0.15) is 46.0 Å². The summed E-state index contributed by atoms with van der Waals surface area (Å²) in [7, 11) is 0. The molecule has 3 N–H and O–H groups in total. The molecule has 3 heteroatoms. The van der Waals surface area contributed by atoms with Crippen molar-refractivity contribution in [2.45, 2.75) is 46.0 Å². The molecule has 1 atom stereocenters. The molecule has 0 aromatic heterocycles. The first-order valence-electron chi connectivity index (χ1n) is 5.90. The van der Waals surface area contributed by atoms with Crippen molar-refractivity contribution in [3.63, 3.8) is 0 Å². The fourth-order valence-corrected chi connectivity index (χ4v) is 1.96. The summed E-state index contributed by atoms with van der Waals surface area (Å²) in [5.41, 5.74) is 7.27. The molecule has 1 rings (SSSR count). The molecular weight excluding hydrogens is 188 g/mol. The van der Waals surface area contributed by atoms with Crippen molar-refractivity contribution in [2.75, 3.05) is 6.61 Å². The summed E-state index contributed by atoms with van der Waals surface area (Å²) in [4.78, 5) is 0. The van der Waals surface area contributed by atoms with Gasteiger partial charge in [0.1, 0.15) is 0 Å². The number of ether oxygens (including phenoxy) is 1. The molecule has 15 heavy (non-hydrogen) atoms. The molecule has 0 aromatic carbocycles. The molecular formula is C12H22N2O. The third kappa shape index (κ3) is 2.98. The third-order valence-corrected chi connectivity index (χ3v) is 2.79. The molecule has 0 radical (unpaired) electrons. The van der Waals surface area contributed by atoms with Gasteiger partial charge in [0.05, 0.1) is 18.0 Å². The Balaban J connectivity index is 2.67. The van der Waals surface area contributed by atoms with Crippen LogP contribution in [0, 0.1) is 11.3 Å². The number of hydrogen-bond acceptors (Lipinski definition) is 3. The lowest BCUT2D eigenvalue weighted by Crippen LogP contribution is -2.26. The molecule has 0 fully saturated rings. The number of nitrogens with one attached hydrogen (secondary N) is 1. The number of rotatable bonds is 5. The van der Waals surface area contributed by atoms with E-state index in [1.165, 1.54) is 0 Å². The first kappa shape index (κ1) is 12.1. The van der Waals surface area contributed by atoms with Gasteiger partial charge >= 0.3 is 0 Å². The van der Waals surface area contributed by atoms with E-state index in [2.05, 4.69) is 13.8 Å². The monoisotopic (exact) mass is 210 g/mol. The molecule has 0 aliphatic heterocycles. The second kappa shape index (κ2) is 5.79. The largest absolute Gasteiger partial charge is 0.490 e. The lowest BCUT2D eigenvalue weighted by atomic mass is 9.86. The molecule has 1 aliphatic carbocycles. The van der Waals surface area contributed by atoms with Crippen LogP contribution in [0.25, 0.3) is 0 Å². The van der Waals surface area contributed by atoms with E-state index in [9.17, 15) is 0 Å². The summed E-state index contributed by atoms with van der Waals surface area (Å²) in [6, 6.07) is 0. The minimum absolute atomic E-state index is 0.356. The summed E-state index contributed by atoms with van der Waals surface area (Å²) in [5.74, 6) is 1.02. The number of hydrogen-bond donors (Lipinski definition) is 2. The van der Waals surface area contributed by atoms with E-state index in [1.54, 1.807) is 0 Å². The van der Waals surface area contributed by atoms with Gasteiger partial charge in [-0.25, -0.2) is 0 Å². The maximum absolute atomic E-state index is 8.05. The van der Waals surface area contributed by atoms with Gasteiger partial charge in [-0.05, 0) is 25.7 Å². The van der Waals surface area contributed by atoms with Crippen LogP contribution < -0.4 is 5.73 Å². The lowest BCUT2D eigenvalue weighted by molar-refractivity contribution is 0.219. The highest BCUT2D eigenvalue weighted by atomic mass is 16.5. The molecule has 0 amide bonds. The van der Waals surface area contributed by atoms with Crippen molar-refractivity contribution < 1.29 is 4.74 Å². The number of nitrogens with two attached hydrogens (primary N) is 1. The molecule has 0 aromatic rings. The second-order valence-electron chi connectivity index (χ2n) is 4.14. The van der Waals surface area contributed by atoms with Crippen molar-refractivity contribution in [1.82, 2.24) is 0 Å². The third-order valence-electron chi connectivity index (χ3n) is 2.79. The molecule has 86 valence electrons. The smallest absolute Gasteiger partial charge is 0.158 e. The minimum atomic E-state index is 0.356. The van der Waals surface area contributed by atoms with Crippen molar-refractivity contribution >= 4 is 5.71 Å². The van der Waals surface area contributed by atoms with Crippen molar-refractivity contribution in [1.29, 1.82) is 5.41 Å². The van der Waals surface area contributed by atoms with Crippen LogP contribution in [0.4, 0.5) is 0 Å². The maximum Gasteiger partial charge on any atom is 0.158 e. The van der Waals surface area contributed by atoms with Crippen LogP contribution >= 0.6 is 0 Å². The van der Waals surface area contributed by atoms with Gasteiger partial charge in [-0.2, -0.15) is 0 Å². The summed E-state index contributed by atoms with van der Waals surface area (Å²) >= 11 is 0. The summed E-state index contributed by atoms with van der Waals surface area (Å²) in [6.45, 7) is 4.88. The summed E-state index contributed by atoms with van der Waals surface area (Å²) < 4.78 is 5.56. The van der Waals surface area contributed by atoms with Gasteiger partial charge < -0.3 is 15.9 Å². The highest BCUT2D eigenvalue weighted by Gasteiger charge is 2.25. The second-order valence-corrected chi connectivity index (χ2v) is 4.14. The molecule has 0 saturated heterocycles. The average Bonchev–Trinajstić information content (AvgIpc) is 2.22. The fourth-order valence-electron chi connectivity index (χ4n) is 1.96. The van der Waals surface area contributed by atoms with Crippen LogP contribution in [0.3, 0.4) is 0 Å². The Morgan fingerprint density at radius 3 is 2.73 bits per heavy atom. The molecule has 1 aliphatic rings. The fraction of sp³-hybridized carbons (Fsp3) is 0.750. The topological polar surface area (TPSA) is 59.1 Å². The SMILES string of the molecule is CCCOC1=C(N)CCC(CCC)C1=N. The van der Waals surface area contributed by atoms with Crippen LogP contribution in [0.15, 0.2) is 11.5 Å². The van der Waals surface area contributed by atoms with Crippen LogP contribution in [0.5, 0.6) is 0 Å². The van der Waals surface area contributed by atoms with Gasteiger partial charge in [0.2, 0.25) is 0 Å². The average molecular weight is 210 g/mol. The van der Waals surface area contributed by atoms with E-state index < -0.39 is 0 Å². The van der Waals surface area contributed by atoms with E-state index in [0.29, 0.717) is 24.0 Å². The van der Waals surface area contributed by atoms with E-state index in [1.807, 2.05) is 0 Å². The number of allylic oxidation sites excluding steroid dienone is 2. The minimum Gasteiger partial charge on any atom is -0.490 e. The molecule has 0 saturated carbocycles.